The molecule has 0 amide bonds. The van der Waals surface area contributed by atoms with Gasteiger partial charge in [-0.15, -0.1) is 0 Å². The molecular formula is C14H10Br2N2O2. The minimum absolute atomic E-state index is 0.235. The second-order valence-electron chi connectivity index (χ2n) is 4.42. The van der Waals surface area contributed by atoms with Crippen LogP contribution in [0.4, 0.5) is 11.5 Å². The number of aldehydes is 1. The van der Waals surface area contributed by atoms with E-state index in [0.29, 0.717) is 17.3 Å². The third kappa shape index (κ3) is 2.23. The maximum absolute atomic E-state index is 11.0. The van der Waals surface area contributed by atoms with E-state index < -0.39 is 0 Å². The fourth-order valence-corrected chi connectivity index (χ4v) is 2.76. The fourth-order valence-electron chi connectivity index (χ4n) is 2.12. The Morgan fingerprint density at radius 1 is 1.30 bits per heavy atom. The van der Waals surface area contributed by atoms with Gasteiger partial charge in [0.2, 0.25) is 0 Å². The molecule has 0 radical (unpaired) electrons. The molecule has 0 saturated carbocycles. The lowest BCUT2D eigenvalue weighted by Crippen LogP contribution is -2.24. The van der Waals surface area contributed by atoms with Crippen LogP contribution in [-0.4, -0.2) is 17.8 Å². The Hall–Kier alpha value is -1.40. The second-order valence-corrected chi connectivity index (χ2v) is 6.19. The normalized spacial score (nSPS) is 12.4. The van der Waals surface area contributed by atoms with Crippen LogP contribution in [0.5, 0.6) is 11.5 Å². The van der Waals surface area contributed by atoms with Crippen molar-refractivity contribution in [3.05, 3.63) is 38.9 Å². The van der Waals surface area contributed by atoms with Crippen molar-refractivity contribution in [3.63, 3.8) is 0 Å². The fraction of sp³-hybridized carbons (Fsp3) is 0.143. The molecule has 0 aliphatic carbocycles. The first-order valence-electron chi connectivity index (χ1n) is 5.95. The zero-order chi connectivity index (χ0) is 14.3. The van der Waals surface area contributed by atoms with Gasteiger partial charge in [-0.3, -0.25) is 0 Å². The van der Waals surface area contributed by atoms with E-state index in [9.17, 15) is 4.79 Å². The number of benzene rings is 1. The van der Waals surface area contributed by atoms with Gasteiger partial charge in [-0.25, -0.2) is 4.98 Å². The minimum atomic E-state index is 0.235. The van der Waals surface area contributed by atoms with E-state index in [-0.39, 0.29) is 6.54 Å². The Morgan fingerprint density at radius 2 is 2.10 bits per heavy atom. The summed E-state index contributed by atoms with van der Waals surface area (Å²) in [4.78, 5) is 17.2. The van der Waals surface area contributed by atoms with E-state index in [0.717, 1.165) is 26.5 Å². The molecule has 6 heteroatoms. The third-order valence-corrected chi connectivity index (χ3v) is 4.35. The number of halogens is 2. The zero-order valence-electron chi connectivity index (χ0n) is 10.6. The minimum Gasteiger partial charge on any atom is -0.451 e. The van der Waals surface area contributed by atoms with Gasteiger partial charge in [0.05, 0.1) is 12.2 Å². The van der Waals surface area contributed by atoms with Gasteiger partial charge >= 0.3 is 0 Å². The summed E-state index contributed by atoms with van der Waals surface area (Å²) in [6.45, 7) is 2.23. The molecule has 0 unspecified atom stereocenters. The number of hydrogen-bond donors (Lipinski definition) is 0. The number of hydrogen-bond acceptors (Lipinski definition) is 4. The van der Waals surface area contributed by atoms with Gasteiger partial charge in [0.1, 0.15) is 6.29 Å². The molecule has 102 valence electrons. The average molecular weight is 398 g/mol. The Labute approximate surface area is 133 Å². The maximum Gasteiger partial charge on any atom is 0.177 e. The standard InChI is InChI=1S/C14H10Br2N2O2/c1-8-4-11-12(6-10(8)16)20-13-5-9(15)7-17-14(13)18(11)2-3-19/h3-7H,2H2,1H3. The van der Waals surface area contributed by atoms with E-state index in [2.05, 4.69) is 36.8 Å². The molecule has 3 rings (SSSR count). The van der Waals surface area contributed by atoms with Crippen LogP contribution < -0.4 is 9.64 Å². The van der Waals surface area contributed by atoms with Crippen molar-refractivity contribution < 1.29 is 9.53 Å². The smallest absolute Gasteiger partial charge is 0.177 e. The molecule has 0 spiro atoms. The van der Waals surface area contributed by atoms with Crippen molar-refractivity contribution in [1.29, 1.82) is 0 Å². The van der Waals surface area contributed by atoms with Crippen LogP contribution in [-0.2, 0) is 4.79 Å². The van der Waals surface area contributed by atoms with Crippen LogP contribution in [0, 0.1) is 6.92 Å². The number of nitrogens with zero attached hydrogens (tertiary/aromatic N) is 2. The van der Waals surface area contributed by atoms with E-state index >= 15 is 0 Å². The van der Waals surface area contributed by atoms with Gasteiger partial charge in [0.15, 0.2) is 17.3 Å². The van der Waals surface area contributed by atoms with Crippen LogP contribution >= 0.6 is 31.9 Å². The molecular weight excluding hydrogens is 388 g/mol. The average Bonchev–Trinajstić information content (AvgIpc) is 2.40. The lowest BCUT2D eigenvalue weighted by atomic mass is 10.1. The number of rotatable bonds is 2. The Kier molecular flexibility index (Phi) is 3.52. The van der Waals surface area contributed by atoms with Crippen molar-refractivity contribution >= 4 is 49.7 Å². The van der Waals surface area contributed by atoms with E-state index in [1.54, 1.807) is 6.20 Å². The first-order valence-corrected chi connectivity index (χ1v) is 7.53. The predicted molar refractivity (Wildman–Crippen MR) is 84.0 cm³/mol. The van der Waals surface area contributed by atoms with Crippen LogP contribution in [0.15, 0.2) is 33.3 Å². The van der Waals surface area contributed by atoms with E-state index in [4.69, 9.17) is 4.74 Å². The van der Waals surface area contributed by atoms with E-state index in [1.165, 1.54) is 0 Å². The number of aromatic nitrogens is 1. The van der Waals surface area contributed by atoms with Gasteiger partial charge in [-0.2, -0.15) is 0 Å². The highest BCUT2D eigenvalue weighted by Crippen LogP contribution is 2.47. The predicted octanol–water partition coefficient (Wildman–Crippen LogP) is 4.36. The summed E-state index contributed by atoms with van der Waals surface area (Å²) in [5.74, 6) is 1.98. The molecule has 0 bridgehead atoms. The topological polar surface area (TPSA) is 42.4 Å². The molecule has 2 heterocycles. The summed E-state index contributed by atoms with van der Waals surface area (Å²) in [6, 6.07) is 5.73. The summed E-state index contributed by atoms with van der Waals surface area (Å²) < 4.78 is 7.69. The molecule has 4 nitrogen and oxygen atoms in total. The third-order valence-electron chi connectivity index (χ3n) is 3.06. The molecule has 1 aliphatic rings. The summed E-state index contributed by atoms with van der Waals surface area (Å²) in [5.41, 5.74) is 1.92. The van der Waals surface area contributed by atoms with Crippen molar-refractivity contribution in [1.82, 2.24) is 4.98 Å². The summed E-state index contributed by atoms with van der Waals surface area (Å²) in [5, 5.41) is 0. The molecule has 0 N–H and O–H groups in total. The second kappa shape index (κ2) is 5.18. The highest BCUT2D eigenvalue weighted by Gasteiger charge is 2.26. The number of anilines is 2. The van der Waals surface area contributed by atoms with Crippen molar-refractivity contribution in [2.24, 2.45) is 0 Å². The van der Waals surface area contributed by atoms with Gasteiger partial charge in [-0.1, -0.05) is 15.9 Å². The van der Waals surface area contributed by atoms with Crippen LogP contribution in [0.2, 0.25) is 0 Å². The first kappa shape index (κ1) is 13.6. The van der Waals surface area contributed by atoms with Gasteiger partial charge in [0.25, 0.3) is 0 Å². The number of fused-ring (bicyclic) bond motifs is 2. The SMILES string of the molecule is Cc1cc2c(cc1Br)Oc1cc(Br)cnc1N2CC=O. The Bertz CT molecular complexity index is 704. The van der Waals surface area contributed by atoms with Crippen LogP contribution in [0.3, 0.4) is 0 Å². The van der Waals surface area contributed by atoms with Gasteiger partial charge in [0, 0.05) is 21.2 Å². The summed E-state index contributed by atoms with van der Waals surface area (Å²) >= 11 is 6.87. The van der Waals surface area contributed by atoms with Crippen LogP contribution in [0.1, 0.15) is 5.56 Å². The Morgan fingerprint density at radius 3 is 2.85 bits per heavy atom. The summed E-state index contributed by atoms with van der Waals surface area (Å²) in [7, 11) is 0. The summed E-state index contributed by atoms with van der Waals surface area (Å²) in [6.07, 6.45) is 2.55. The molecule has 0 saturated heterocycles. The van der Waals surface area contributed by atoms with Crippen molar-refractivity contribution in [2.75, 3.05) is 11.4 Å². The number of ether oxygens (including phenoxy) is 1. The lowest BCUT2D eigenvalue weighted by Gasteiger charge is -2.30. The number of carbonyl (C=O) groups excluding carboxylic acids is 1. The highest BCUT2D eigenvalue weighted by atomic mass is 79.9. The molecule has 0 fully saturated rings. The zero-order valence-corrected chi connectivity index (χ0v) is 13.7. The van der Waals surface area contributed by atoms with Crippen LogP contribution in [0.25, 0.3) is 0 Å². The Balaban J connectivity index is 2.20. The number of aryl methyl sites for hydroxylation is 1. The molecule has 20 heavy (non-hydrogen) atoms. The monoisotopic (exact) mass is 396 g/mol. The molecule has 0 atom stereocenters. The molecule has 1 aromatic carbocycles. The molecule has 1 aliphatic heterocycles. The molecule has 1 aromatic heterocycles. The van der Waals surface area contributed by atoms with Gasteiger partial charge in [-0.05, 0) is 40.5 Å². The lowest BCUT2D eigenvalue weighted by molar-refractivity contribution is -0.106. The van der Waals surface area contributed by atoms with E-state index in [1.807, 2.05) is 30.0 Å². The quantitative estimate of drug-likeness (QED) is 0.706. The molecule has 2 aromatic rings. The largest absolute Gasteiger partial charge is 0.451 e. The highest BCUT2D eigenvalue weighted by molar-refractivity contribution is 9.10. The maximum atomic E-state index is 11.0. The number of pyridine rings is 1. The number of carbonyl (C=O) groups is 1. The van der Waals surface area contributed by atoms with Crippen molar-refractivity contribution in [3.8, 4) is 11.5 Å². The first-order chi connectivity index (χ1) is 9.60. The van der Waals surface area contributed by atoms with Gasteiger partial charge < -0.3 is 14.4 Å². The van der Waals surface area contributed by atoms with Crippen molar-refractivity contribution in [2.45, 2.75) is 6.92 Å².